The fraction of sp³-hybridized carbons (Fsp3) is 0.417. The SMILES string of the molecule is [CH2]CCCCCc1cccc(Br)c1. The van der Waals surface area contributed by atoms with Crippen LogP contribution in [0.15, 0.2) is 28.7 Å². The van der Waals surface area contributed by atoms with Crippen molar-refractivity contribution < 1.29 is 0 Å². The molecule has 0 spiro atoms. The van der Waals surface area contributed by atoms with Gasteiger partial charge in [0.25, 0.3) is 0 Å². The molecule has 0 unspecified atom stereocenters. The predicted molar refractivity (Wildman–Crippen MR) is 61.7 cm³/mol. The molecule has 0 aliphatic heterocycles. The molecule has 0 aliphatic carbocycles. The van der Waals surface area contributed by atoms with Gasteiger partial charge in [0.1, 0.15) is 0 Å². The van der Waals surface area contributed by atoms with Gasteiger partial charge < -0.3 is 0 Å². The average molecular weight is 240 g/mol. The quantitative estimate of drug-likeness (QED) is 0.669. The van der Waals surface area contributed by atoms with Gasteiger partial charge in [-0.1, -0.05) is 54.2 Å². The molecule has 1 aromatic rings. The smallest absolute Gasteiger partial charge is 0.0177 e. The largest absolute Gasteiger partial charge is 0.0609 e. The lowest BCUT2D eigenvalue weighted by Crippen LogP contribution is -1.85. The molecule has 1 rings (SSSR count). The molecule has 0 heterocycles. The standard InChI is InChI=1S/C12H16Br/c1-2-3-4-5-7-11-8-6-9-12(13)10-11/h6,8-10H,1-5,7H2. The van der Waals surface area contributed by atoms with E-state index < -0.39 is 0 Å². The molecule has 0 bridgehead atoms. The van der Waals surface area contributed by atoms with Gasteiger partial charge >= 0.3 is 0 Å². The summed E-state index contributed by atoms with van der Waals surface area (Å²) in [4.78, 5) is 0. The Labute approximate surface area is 89.5 Å². The molecule has 0 atom stereocenters. The van der Waals surface area contributed by atoms with Crippen LogP contribution in [0.25, 0.3) is 0 Å². The van der Waals surface area contributed by atoms with Crippen molar-refractivity contribution in [3.8, 4) is 0 Å². The van der Waals surface area contributed by atoms with Gasteiger partial charge in [0, 0.05) is 4.47 Å². The molecule has 0 fully saturated rings. The second kappa shape index (κ2) is 6.20. The van der Waals surface area contributed by atoms with Crippen LogP contribution in [-0.4, -0.2) is 0 Å². The predicted octanol–water partition coefficient (Wildman–Crippen LogP) is 4.39. The van der Waals surface area contributed by atoms with Gasteiger partial charge in [0.05, 0.1) is 0 Å². The average Bonchev–Trinajstić information content (AvgIpc) is 2.13. The highest BCUT2D eigenvalue weighted by Gasteiger charge is 1.93. The Morgan fingerprint density at radius 3 is 2.69 bits per heavy atom. The number of aryl methyl sites for hydroxylation is 1. The minimum Gasteiger partial charge on any atom is -0.0609 e. The molecule has 0 amide bonds. The summed E-state index contributed by atoms with van der Waals surface area (Å²) in [6.07, 6.45) is 6.11. The number of hydrogen-bond donors (Lipinski definition) is 0. The van der Waals surface area contributed by atoms with E-state index in [1.807, 2.05) is 0 Å². The summed E-state index contributed by atoms with van der Waals surface area (Å²) in [6.45, 7) is 3.84. The second-order valence-corrected chi connectivity index (χ2v) is 4.21. The number of unbranched alkanes of at least 4 members (excludes halogenated alkanes) is 3. The monoisotopic (exact) mass is 239 g/mol. The van der Waals surface area contributed by atoms with E-state index in [-0.39, 0.29) is 0 Å². The highest BCUT2D eigenvalue weighted by atomic mass is 79.9. The van der Waals surface area contributed by atoms with Crippen molar-refractivity contribution in [1.82, 2.24) is 0 Å². The van der Waals surface area contributed by atoms with Gasteiger partial charge in [-0.15, -0.1) is 0 Å². The van der Waals surface area contributed by atoms with Crippen molar-refractivity contribution in [2.75, 3.05) is 0 Å². The third kappa shape index (κ3) is 4.47. The van der Waals surface area contributed by atoms with E-state index in [0.29, 0.717) is 0 Å². The Balaban J connectivity index is 2.28. The molecule has 1 aromatic carbocycles. The highest BCUT2D eigenvalue weighted by Crippen LogP contribution is 2.14. The highest BCUT2D eigenvalue weighted by molar-refractivity contribution is 9.10. The fourth-order valence-corrected chi connectivity index (χ4v) is 1.82. The van der Waals surface area contributed by atoms with Crippen LogP contribution < -0.4 is 0 Å². The van der Waals surface area contributed by atoms with Crippen LogP contribution in [0.4, 0.5) is 0 Å². The van der Waals surface area contributed by atoms with Crippen molar-refractivity contribution in [2.24, 2.45) is 0 Å². The van der Waals surface area contributed by atoms with Crippen LogP contribution in [0.2, 0.25) is 0 Å². The summed E-state index contributed by atoms with van der Waals surface area (Å²) in [5, 5.41) is 0. The van der Waals surface area contributed by atoms with E-state index in [2.05, 4.69) is 47.1 Å². The van der Waals surface area contributed by atoms with Crippen LogP contribution in [-0.2, 0) is 6.42 Å². The van der Waals surface area contributed by atoms with Gasteiger partial charge in [-0.25, -0.2) is 0 Å². The van der Waals surface area contributed by atoms with Crippen LogP contribution in [0.1, 0.15) is 31.2 Å². The molecular weight excluding hydrogens is 224 g/mol. The van der Waals surface area contributed by atoms with E-state index >= 15 is 0 Å². The van der Waals surface area contributed by atoms with Gasteiger partial charge in [0.15, 0.2) is 0 Å². The third-order valence-electron chi connectivity index (χ3n) is 2.10. The first kappa shape index (κ1) is 10.8. The Kier molecular flexibility index (Phi) is 5.14. The molecule has 13 heavy (non-hydrogen) atoms. The van der Waals surface area contributed by atoms with Crippen molar-refractivity contribution in [3.05, 3.63) is 41.2 Å². The van der Waals surface area contributed by atoms with E-state index in [4.69, 9.17) is 0 Å². The number of halogens is 1. The molecule has 0 saturated heterocycles. The Bertz CT molecular complexity index is 243. The number of rotatable bonds is 5. The fourth-order valence-electron chi connectivity index (χ4n) is 1.38. The summed E-state index contributed by atoms with van der Waals surface area (Å²) in [7, 11) is 0. The molecular formula is C12H16Br. The number of benzene rings is 1. The van der Waals surface area contributed by atoms with Crippen molar-refractivity contribution in [3.63, 3.8) is 0 Å². The molecule has 0 N–H and O–H groups in total. The summed E-state index contributed by atoms with van der Waals surface area (Å²) >= 11 is 3.47. The maximum absolute atomic E-state index is 3.84. The Morgan fingerprint density at radius 2 is 2.00 bits per heavy atom. The summed E-state index contributed by atoms with van der Waals surface area (Å²) in [5.41, 5.74) is 1.43. The van der Waals surface area contributed by atoms with Crippen LogP contribution in [0.5, 0.6) is 0 Å². The van der Waals surface area contributed by atoms with E-state index in [1.165, 1.54) is 35.7 Å². The summed E-state index contributed by atoms with van der Waals surface area (Å²) < 4.78 is 1.18. The maximum Gasteiger partial charge on any atom is 0.0177 e. The molecule has 1 radical (unpaired) electrons. The first-order valence-electron chi connectivity index (χ1n) is 4.86. The lowest BCUT2D eigenvalue weighted by molar-refractivity contribution is 0.686. The molecule has 1 heteroatoms. The van der Waals surface area contributed by atoms with Gasteiger partial charge in [0.2, 0.25) is 0 Å². The van der Waals surface area contributed by atoms with Crippen molar-refractivity contribution in [2.45, 2.75) is 32.1 Å². The van der Waals surface area contributed by atoms with Crippen molar-refractivity contribution >= 4 is 15.9 Å². The van der Waals surface area contributed by atoms with Crippen molar-refractivity contribution in [1.29, 1.82) is 0 Å². The number of hydrogen-bond acceptors (Lipinski definition) is 0. The van der Waals surface area contributed by atoms with E-state index in [1.54, 1.807) is 0 Å². The molecule has 0 aliphatic rings. The summed E-state index contributed by atoms with van der Waals surface area (Å²) in [5.74, 6) is 0. The minimum absolute atomic E-state index is 1.07. The zero-order valence-electron chi connectivity index (χ0n) is 7.93. The molecule has 71 valence electrons. The van der Waals surface area contributed by atoms with Crippen LogP contribution in [0, 0.1) is 6.92 Å². The Morgan fingerprint density at radius 1 is 1.15 bits per heavy atom. The molecule has 0 aromatic heterocycles. The first-order chi connectivity index (χ1) is 6.33. The topological polar surface area (TPSA) is 0 Å². The Hall–Kier alpha value is -0.300. The lowest BCUT2D eigenvalue weighted by Gasteiger charge is -2.01. The lowest BCUT2D eigenvalue weighted by atomic mass is 10.1. The zero-order chi connectivity index (χ0) is 9.52. The van der Waals surface area contributed by atoms with Gasteiger partial charge in [-0.3, -0.25) is 0 Å². The van der Waals surface area contributed by atoms with E-state index in [0.717, 1.165) is 6.42 Å². The third-order valence-corrected chi connectivity index (χ3v) is 2.60. The van der Waals surface area contributed by atoms with Crippen LogP contribution >= 0.6 is 15.9 Å². The minimum atomic E-state index is 1.07. The zero-order valence-corrected chi connectivity index (χ0v) is 9.52. The molecule has 0 nitrogen and oxygen atoms in total. The van der Waals surface area contributed by atoms with E-state index in [9.17, 15) is 0 Å². The normalized spacial score (nSPS) is 10.3. The maximum atomic E-state index is 3.84. The summed E-state index contributed by atoms with van der Waals surface area (Å²) in [6, 6.07) is 8.55. The van der Waals surface area contributed by atoms with Gasteiger partial charge in [-0.05, 0) is 30.5 Å². The second-order valence-electron chi connectivity index (χ2n) is 3.29. The first-order valence-corrected chi connectivity index (χ1v) is 5.66. The van der Waals surface area contributed by atoms with Crippen LogP contribution in [0.3, 0.4) is 0 Å². The molecule has 0 saturated carbocycles. The van der Waals surface area contributed by atoms with Gasteiger partial charge in [-0.2, -0.15) is 0 Å².